The number of aromatic nitrogens is 3. The fourth-order valence-electron chi connectivity index (χ4n) is 1.20. The molecule has 0 bridgehead atoms. The summed E-state index contributed by atoms with van der Waals surface area (Å²) >= 11 is 5.66. The number of pyridine rings is 1. The number of nitrogens with zero attached hydrogens (tertiary/aromatic N) is 2. The van der Waals surface area contributed by atoms with Crippen LogP contribution in [0.1, 0.15) is 0 Å². The molecule has 0 fully saturated rings. The first kappa shape index (κ1) is 8.96. The van der Waals surface area contributed by atoms with Crippen molar-refractivity contribution in [1.29, 1.82) is 0 Å². The minimum Gasteiger partial charge on any atom is -0.315 e. The van der Waals surface area contributed by atoms with Crippen LogP contribution >= 0.6 is 11.6 Å². The molecule has 0 aliphatic heterocycles. The maximum Gasteiger partial charge on any atom is 0.317 e. The fraction of sp³-hybridized carbons (Fsp3) is 0.125. The van der Waals surface area contributed by atoms with Crippen LogP contribution in [0, 0.1) is 0 Å². The van der Waals surface area contributed by atoms with Gasteiger partial charge in [0.25, 0.3) is 0 Å². The van der Waals surface area contributed by atoms with E-state index in [9.17, 15) is 9.59 Å². The Morgan fingerprint density at radius 3 is 2.86 bits per heavy atom. The lowest BCUT2D eigenvalue weighted by Crippen LogP contribution is -2.35. The number of hydrogen-bond donors (Lipinski definition) is 1. The van der Waals surface area contributed by atoms with Crippen LogP contribution in [0.4, 0.5) is 0 Å². The van der Waals surface area contributed by atoms with E-state index >= 15 is 0 Å². The molecule has 1 N–H and O–H groups in total. The van der Waals surface area contributed by atoms with Crippen molar-refractivity contribution in [2.45, 2.75) is 0 Å². The molecule has 0 atom stereocenters. The summed E-state index contributed by atoms with van der Waals surface area (Å²) < 4.78 is 1.17. The van der Waals surface area contributed by atoms with Gasteiger partial charge < -0.3 is 4.98 Å². The van der Waals surface area contributed by atoms with Crippen molar-refractivity contribution >= 4 is 22.8 Å². The van der Waals surface area contributed by atoms with Crippen molar-refractivity contribution in [2.75, 3.05) is 0 Å². The van der Waals surface area contributed by atoms with Crippen LogP contribution in [0.15, 0.2) is 21.7 Å². The molecule has 0 saturated heterocycles. The van der Waals surface area contributed by atoms with E-state index in [1.165, 1.54) is 11.6 Å². The van der Waals surface area contributed by atoms with E-state index < -0.39 is 11.1 Å². The zero-order chi connectivity index (χ0) is 10.3. The molecule has 0 aliphatic carbocycles. The number of hydrogen-bond acceptors (Lipinski definition) is 3. The van der Waals surface area contributed by atoms with Gasteiger partial charge in [-0.3, -0.25) is 14.2 Å². The van der Waals surface area contributed by atoms with Gasteiger partial charge >= 0.3 is 11.1 Å². The number of fused-ring (bicyclic) bond motifs is 1. The Morgan fingerprint density at radius 2 is 2.14 bits per heavy atom. The molecule has 5 nitrogen and oxygen atoms in total. The second kappa shape index (κ2) is 2.95. The maximum absolute atomic E-state index is 11.2. The van der Waals surface area contributed by atoms with Gasteiger partial charge in [0, 0.05) is 7.05 Å². The number of halogens is 1. The largest absolute Gasteiger partial charge is 0.317 e. The third-order valence-electron chi connectivity index (χ3n) is 1.91. The zero-order valence-electron chi connectivity index (χ0n) is 7.24. The smallest absolute Gasteiger partial charge is 0.315 e. The van der Waals surface area contributed by atoms with Crippen molar-refractivity contribution in [3.05, 3.63) is 38.0 Å². The maximum atomic E-state index is 11.2. The van der Waals surface area contributed by atoms with Crippen molar-refractivity contribution < 1.29 is 0 Å². The molecular weight excluding hydrogens is 206 g/mol. The van der Waals surface area contributed by atoms with Gasteiger partial charge in [-0.05, 0) is 12.1 Å². The summed E-state index contributed by atoms with van der Waals surface area (Å²) in [7, 11) is 1.48. The Morgan fingerprint density at radius 1 is 1.43 bits per heavy atom. The van der Waals surface area contributed by atoms with E-state index in [4.69, 9.17) is 11.6 Å². The molecule has 72 valence electrons. The number of H-pyrrole nitrogens is 1. The van der Waals surface area contributed by atoms with Gasteiger partial charge in [0.2, 0.25) is 0 Å². The van der Waals surface area contributed by atoms with Crippen LogP contribution in [-0.4, -0.2) is 14.5 Å². The van der Waals surface area contributed by atoms with Crippen LogP contribution in [-0.2, 0) is 7.05 Å². The van der Waals surface area contributed by atoms with Crippen LogP contribution in [0.25, 0.3) is 11.2 Å². The van der Waals surface area contributed by atoms with E-state index in [1.54, 1.807) is 12.1 Å². The fourth-order valence-corrected chi connectivity index (χ4v) is 1.35. The topological polar surface area (TPSA) is 67.8 Å². The Kier molecular flexibility index (Phi) is 1.89. The van der Waals surface area contributed by atoms with E-state index in [-0.39, 0.29) is 5.15 Å². The van der Waals surface area contributed by atoms with Crippen molar-refractivity contribution in [1.82, 2.24) is 14.5 Å². The number of nitrogens with one attached hydrogen (secondary N) is 1. The molecule has 2 heterocycles. The average Bonchev–Trinajstić information content (AvgIpc) is 2.16. The lowest BCUT2D eigenvalue weighted by Gasteiger charge is -2.01. The van der Waals surface area contributed by atoms with Crippen LogP contribution in [0.3, 0.4) is 0 Å². The second-order valence-corrected chi connectivity index (χ2v) is 3.21. The van der Waals surface area contributed by atoms with Crippen LogP contribution in [0.5, 0.6) is 0 Å². The molecule has 0 aliphatic rings. The van der Waals surface area contributed by atoms with Crippen LogP contribution < -0.4 is 11.1 Å². The summed E-state index contributed by atoms with van der Waals surface area (Å²) in [6.07, 6.45) is 0. The lowest BCUT2D eigenvalue weighted by molar-refractivity contribution is 0.857. The Labute approximate surface area is 83.0 Å². The van der Waals surface area contributed by atoms with Gasteiger partial charge in [-0.25, -0.2) is 4.98 Å². The summed E-state index contributed by atoms with van der Waals surface area (Å²) in [5, 5.41) is 0.277. The lowest BCUT2D eigenvalue weighted by atomic mass is 10.4. The molecule has 0 radical (unpaired) electrons. The van der Waals surface area contributed by atoms with E-state index in [2.05, 4.69) is 9.97 Å². The van der Waals surface area contributed by atoms with Gasteiger partial charge in [0.15, 0.2) is 5.65 Å². The van der Waals surface area contributed by atoms with E-state index in [1.807, 2.05) is 0 Å². The average molecular weight is 212 g/mol. The van der Waals surface area contributed by atoms with Gasteiger partial charge in [0.1, 0.15) is 5.15 Å². The molecule has 0 aromatic carbocycles. The summed E-state index contributed by atoms with van der Waals surface area (Å²) in [4.78, 5) is 28.7. The Bertz CT molecular complexity index is 614. The minimum absolute atomic E-state index is 0.277. The predicted molar refractivity (Wildman–Crippen MR) is 52.6 cm³/mol. The molecule has 6 heteroatoms. The summed E-state index contributed by atoms with van der Waals surface area (Å²) in [5.74, 6) is 0. The molecule has 0 saturated carbocycles. The molecule has 2 rings (SSSR count). The highest BCUT2D eigenvalue weighted by Gasteiger charge is 2.04. The second-order valence-electron chi connectivity index (χ2n) is 2.82. The molecule has 0 spiro atoms. The molecule has 0 unspecified atom stereocenters. The Hall–Kier alpha value is -1.62. The van der Waals surface area contributed by atoms with Crippen LogP contribution in [0.2, 0.25) is 5.15 Å². The molecule has 2 aromatic rings. The highest BCUT2D eigenvalue weighted by Crippen LogP contribution is 2.09. The van der Waals surface area contributed by atoms with Gasteiger partial charge in [-0.15, -0.1) is 0 Å². The third-order valence-corrected chi connectivity index (χ3v) is 2.12. The molecule has 14 heavy (non-hydrogen) atoms. The first-order chi connectivity index (χ1) is 6.59. The molecular formula is C8H6ClN3O2. The van der Waals surface area contributed by atoms with Gasteiger partial charge in [-0.1, -0.05) is 11.6 Å². The highest BCUT2D eigenvalue weighted by molar-refractivity contribution is 6.29. The first-order valence-electron chi connectivity index (χ1n) is 3.85. The number of aromatic amines is 1. The SMILES string of the molecule is Cn1c(=O)c(=O)[nH]c2ccc(Cl)nc21. The summed E-state index contributed by atoms with van der Waals surface area (Å²) in [5.41, 5.74) is -0.458. The van der Waals surface area contributed by atoms with Crippen molar-refractivity contribution in [2.24, 2.45) is 7.05 Å². The van der Waals surface area contributed by atoms with Gasteiger partial charge in [0.05, 0.1) is 5.52 Å². The van der Waals surface area contributed by atoms with E-state index in [0.717, 1.165) is 0 Å². The van der Waals surface area contributed by atoms with Gasteiger partial charge in [-0.2, -0.15) is 0 Å². The van der Waals surface area contributed by atoms with Crippen molar-refractivity contribution in [3.63, 3.8) is 0 Å². The van der Waals surface area contributed by atoms with Crippen molar-refractivity contribution in [3.8, 4) is 0 Å². The highest BCUT2D eigenvalue weighted by atomic mass is 35.5. The monoisotopic (exact) mass is 211 g/mol. The standard InChI is InChI=1S/C8H6ClN3O2/c1-12-6-4(2-3-5(9)11-6)10-7(13)8(12)14/h2-3H,1H3,(H,10,13). The van der Waals surface area contributed by atoms with E-state index in [0.29, 0.717) is 11.2 Å². The third kappa shape index (κ3) is 1.22. The Balaban J connectivity index is 3.07. The minimum atomic E-state index is -0.663. The first-order valence-corrected chi connectivity index (χ1v) is 4.23. The molecule has 2 aromatic heterocycles. The number of rotatable bonds is 0. The zero-order valence-corrected chi connectivity index (χ0v) is 8.00. The number of aryl methyl sites for hydroxylation is 1. The summed E-state index contributed by atoms with van der Waals surface area (Å²) in [6, 6.07) is 3.15. The quantitative estimate of drug-likeness (QED) is 0.503. The normalized spacial score (nSPS) is 10.7. The molecule has 0 amide bonds. The summed E-state index contributed by atoms with van der Waals surface area (Å²) in [6.45, 7) is 0. The predicted octanol–water partition coefficient (Wildman–Crippen LogP) is 0.275.